The minimum absolute atomic E-state index is 0.0668. The molecular weight excluding hydrogens is 440 g/mol. The normalized spacial score (nSPS) is 15.9. The third-order valence-corrected chi connectivity index (χ3v) is 7.75. The molecule has 7 nitrogen and oxygen atoms in total. The Morgan fingerprint density at radius 1 is 1.09 bits per heavy atom. The van der Waals surface area contributed by atoms with E-state index in [2.05, 4.69) is 11.4 Å². The van der Waals surface area contributed by atoms with E-state index in [9.17, 15) is 18.0 Å². The molecule has 2 aromatic rings. The summed E-state index contributed by atoms with van der Waals surface area (Å²) in [6, 6.07) is 14.2. The molecule has 176 valence electrons. The molecule has 33 heavy (non-hydrogen) atoms. The van der Waals surface area contributed by atoms with Crippen molar-refractivity contribution in [3.05, 3.63) is 71.3 Å². The van der Waals surface area contributed by atoms with E-state index in [1.165, 1.54) is 34.2 Å². The Bertz CT molecular complexity index is 1110. The monoisotopic (exact) mass is 470 g/mol. The second kappa shape index (κ2) is 11.2. The molecule has 0 unspecified atom stereocenters. The molecule has 0 saturated carbocycles. The number of ether oxygens (including phenoxy) is 1. The van der Waals surface area contributed by atoms with E-state index in [1.807, 2.05) is 18.2 Å². The minimum Gasteiger partial charge on any atom is -0.452 e. The van der Waals surface area contributed by atoms with Crippen molar-refractivity contribution in [2.75, 3.05) is 19.7 Å². The number of benzene rings is 2. The van der Waals surface area contributed by atoms with E-state index >= 15 is 0 Å². The predicted octanol–water partition coefficient (Wildman–Crippen LogP) is 3.47. The van der Waals surface area contributed by atoms with Gasteiger partial charge in [-0.25, -0.2) is 13.2 Å². The Morgan fingerprint density at radius 2 is 1.79 bits per heavy atom. The Hall–Kier alpha value is -2.97. The van der Waals surface area contributed by atoms with Crippen LogP contribution in [0.4, 0.5) is 0 Å². The van der Waals surface area contributed by atoms with Gasteiger partial charge in [0.05, 0.1) is 10.9 Å². The number of carbonyl (C=O) groups excluding carboxylic acids is 2. The summed E-state index contributed by atoms with van der Waals surface area (Å²) in [5.41, 5.74) is 3.01. The number of nitrogens with zero attached hydrogens (tertiary/aromatic N) is 1. The van der Waals surface area contributed by atoms with Crippen molar-refractivity contribution in [1.29, 1.82) is 0 Å². The summed E-state index contributed by atoms with van der Waals surface area (Å²) < 4.78 is 31.5. The van der Waals surface area contributed by atoms with Crippen molar-refractivity contribution >= 4 is 28.0 Å². The summed E-state index contributed by atoms with van der Waals surface area (Å²) in [6.07, 6.45) is 5.60. The molecule has 0 radical (unpaired) electrons. The second-order valence-corrected chi connectivity index (χ2v) is 9.75. The van der Waals surface area contributed by atoms with Gasteiger partial charge < -0.3 is 10.1 Å². The highest BCUT2D eigenvalue weighted by atomic mass is 32.2. The molecule has 1 aliphatic rings. The predicted molar refractivity (Wildman–Crippen MR) is 127 cm³/mol. The average molecular weight is 471 g/mol. The van der Waals surface area contributed by atoms with Gasteiger partial charge in [-0.2, -0.15) is 4.31 Å². The Balaban J connectivity index is 1.51. The fourth-order valence-electron chi connectivity index (χ4n) is 3.95. The zero-order valence-corrected chi connectivity index (χ0v) is 19.8. The number of nitrogens with one attached hydrogen (secondary N) is 1. The maximum Gasteiger partial charge on any atom is 0.331 e. The zero-order valence-electron chi connectivity index (χ0n) is 19.0. The number of carbonyl (C=O) groups is 2. The molecule has 1 N–H and O–H groups in total. The molecule has 1 aliphatic carbocycles. The molecule has 3 rings (SSSR count). The van der Waals surface area contributed by atoms with Crippen LogP contribution in [0.2, 0.25) is 0 Å². The van der Waals surface area contributed by atoms with Gasteiger partial charge in [-0.3, -0.25) is 4.79 Å². The third-order valence-electron chi connectivity index (χ3n) is 5.69. The molecule has 1 amide bonds. The lowest BCUT2D eigenvalue weighted by atomic mass is 9.88. The van der Waals surface area contributed by atoms with Gasteiger partial charge in [0.2, 0.25) is 10.0 Å². The zero-order chi connectivity index (χ0) is 23.8. The second-order valence-electron chi connectivity index (χ2n) is 7.81. The van der Waals surface area contributed by atoms with E-state index < -0.39 is 16.0 Å². The van der Waals surface area contributed by atoms with Crippen molar-refractivity contribution in [3.8, 4) is 0 Å². The van der Waals surface area contributed by atoms with Gasteiger partial charge in [-0.1, -0.05) is 50.2 Å². The minimum atomic E-state index is -3.53. The van der Waals surface area contributed by atoms with Crippen LogP contribution in [0.15, 0.2) is 59.5 Å². The first-order chi connectivity index (χ1) is 15.8. The quantitative estimate of drug-likeness (QED) is 0.448. The number of fused-ring (bicyclic) bond motifs is 1. The van der Waals surface area contributed by atoms with Gasteiger partial charge in [0.1, 0.15) is 0 Å². The van der Waals surface area contributed by atoms with Crippen molar-refractivity contribution in [2.45, 2.75) is 44.0 Å². The number of hydrogen-bond acceptors (Lipinski definition) is 5. The number of sulfonamides is 1. The van der Waals surface area contributed by atoms with E-state index in [1.54, 1.807) is 26.0 Å². The summed E-state index contributed by atoms with van der Waals surface area (Å²) in [5.74, 6) is -0.988. The largest absolute Gasteiger partial charge is 0.452 e. The standard InChI is InChI=1S/C25H30N2O5S/c1-3-27(4-2)33(30,31)21-15-12-19(13-16-21)14-17-25(29)32-18-24(28)26-23-11-7-9-20-8-5-6-10-22(20)23/h5-6,8,10,12-17,23H,3-4,7,9,11,18H2,1-2H3,(H,26,28)/b17-14+/t23-/m0/s1. The Morgan fingerprint density at radius 3 is 2.48 bits per heavy atom. The van der Waals surface area contributed by atoms with Crippen LogP contribution in [-0.2, 0) is 30.8 Å². The first-order valence-corrected chi connectivity index (χ1v) is 12.6. The van der Waals surface area contributed by atoms with Gasteiger partial charge in [-0.15, -0.1) is 0 Å². The van der Waals surface area contributed by atoms with Crippen molar-refractivity contribution in [1.82, 2.24) is 9.62 Å². The molecule has 8 heteroatoms. The Kier molecular flexibility index (Phi) is 8.41. The smallest absolute Gasteiger partial charge is 0.331 e. The van der Waals surface area contributed by atoms with Crippen LogP contribution in [-0.4, -0.2) is 44.3 Å². The molecule has 0 spiro atoms. The first kappa shape index (κ1) is 24.7. The molecule has 0 bridgehead atoms. The highest BCUT2D eigenvalue weighted by molar-refractivity contribution is 7.89. The van der Waals surface area contributed by atoms with Gasteiger partial charge in [-0.05, 0) is 54.2 Å². The van der Waals surface area contributed by atoms with Crippen LogP contribution >= 0.6 is 0 Å². The maximum atomic E-state index is 12.5. The molecule has 0 aliphatic heterocycles. The van der Waals surface area contributed by atoms with E-state index in [0.29, 0.717) is 18.7 Å². The van der Waals surface area contributed by atoms with Gasteiger partial charge in [0, 0.05) is 19.2 Å². The van der Waals surface area contributed by atoms with Crippen molar-refractivity contribution in [2.24, 2.45) is 0 Å². The van der Waals surface area contributed by atoms with E-state index in [0.717, 1.165) is 24.8 Å². The van der Waals surface area contributed by atoms with Crippen molar-refractivity contribution < 1.29 is 22.7 Å². The van der Waals surface area contributed by atoms with Crippen LogP contribution < -0.4 is 5.32 Å². The molecule has 1 atom stereocenters. The number of hydrogen-bond donors (Lipinski definition) is 1. The number of esters is 1. The molecular formula is C25H30N2O5S. The molecule has 0 aromatic heterocycles. The SMILES string of the molecule is CCN(CC)S(=O)(=O)c1ccc(/C=C/C(=O)OCC(=O)N[C@H]2CCCc3ccccc32)cc1. The molecule has 2 aromatic carbocycles. The Labute approximate surface area is 195 Å². The van der Waals surface area contributed by atoms with Crippen LogP contribution in [0.25, 0.3) is 6.08 Å². The van der Waals surface area contributed by atoms with Crippen LogP contribution in [0, 0.1) is 0 Å². The molecule has 0 fully saturated rings. The van der Waals surface area contributed by atoms with Gasteiger partial charge in [0.15, 0.2) is 6.61 Å². The topological polar surface area (TPSA) is 92.8 Å². The molecule has 0 heterocycles. The number of amides is 1. The van der Waals surface area contributed by atoms with Crippen LogP contribution in [0.1, 0.15) is 49.4 Å². The molecule has 0 saturated heterocycles. The highest BCUT2D eigenvalue weighted by Crippen LogP contribution is 2.29. The van der Waals surface area contributed by atoms with Crippen molar-refractivity contribution in [3.63, 3.8) is 0 Å². The fourth-order valence-corrected chi connectivity index (χ4v) is 5.41. The summed E-state index contributed by atoms with van der Waals surface area (Å²) in [5, 5.41) is 2.94. The summed E-state index contributed by atoms with van der Waals surface area (Å²) >= 11 is 0. The highest BCUT2D eigenvalue weighted by Gasteiger charge is 2.22. The summed E-state index contributed by atoms with van der Waals surface area (Å²) in [6.45, 7) is 4.01. The lowest BCUT2D eigenvalue weighted by Gasteiger charge is -2.26. The third kappa shape index (κ3) is 6.30. The van der Waals surface area contributed by atoms with E-state index in [4.69, 9.17) is 4.74 Å². The van der Waals surface area contributed by atoms with E-state index in [-0.39, 0.29) is 23.5 Å². The first-order valence-electron chi connectivity index (χ1n) is 11.2. The lowest BCUT2D eigenvalue weighted by Crippen LogP contribution is -2.34. The lowest BCUT2D eigenvalue weighted by molar-refractivity contribution is -0.144. The van der Waals surface area contributed by atoms with Crippen LogP contribution in [0.3, 0.4) is 0 Å². The number of rotatable bonds is 9. The van der Waals surface area contributed by atoms with Gasteiger partial charge in [0.25, 0.3) is 5.91 Å². The van der Waals surface area contributed by atoms with Gasteiger partial charge >= 0.3 is 5.97 Å². The average Bonchev–Trinajstić information content (AvgIpc) is 2.82. The maximum absolute atomic E-state index is 12.5. The fraction of sp³-hybridized carbons (Fsp3) is 0.360. The van der Waals surface area contributed by atoms with Crippen LogP contribution in [0.5, 0.6) is 0 Å². The summed E-state index contributed by atoms with van der Waals surface area (Å²) in [7, 11) is -3.53. The summed E-state index contributed by atoms with van der Waals surface area (Å²) in [4.78, 5) is 24.5. The number of aryl methyl sites for hydroxylation is 1.